The number of aromatic nitrogens is 1. The van der Waals surface area contributed by atoms with E-state index in [9.17, 15) is 0 Å². The molecule has 3 aliphatic rings. The molecule has 1 saturated carbocycles. The van der Waals surface area contributed by atoms with Gasteiger partial charge in [0, 0.05) is 52.0 Å². The third-order valence-corrected chi connectivity index (χ3v) is 7.04. The molecule has 0 unspecified atom stereocenters. The summed E-state index contributed by atoms with van der Waals surface area (Å²) in [5, 5.41) is 3.54. The van der Waals surface area contributed by atoms with Crippen molar-refractivity contribution in [3.8, 4) is 0 Å². The number of pyridine rings is 1. The van der Waals surface area contributed by atoms with Crippen molar-refractivity contribution in [1.29, 1.82) is 0 Å². The smallest absolute Gasteiger partial charge is 0.194 e. The molecule has 30 heavy (non-hydrogen) atoms. The van der Waals surface area contributed by atoms with Crippen molar-refractivity contribution < 1.29 is 0 Å². The topological polar surface area (TPSA) is 47.0 Å². The number of likely N-dealkylation sites (N-methyl/N-ethyl adjacent to an activating group) is 1. The molecule has 3 fully saturated rings. The average molecular weight is 527 g/mol. The molecule has 0 radical (unpaired) electrons. The number of hydrogen-bond donors (Lipinski definition) is 1. The van der Waals surface area contributed by atoms with Crippen LogP contribution in [0.5, 0.6) is 0 Å². The van der Waals surface area contributed by atoms with E-state index in [0.717, 1.165) is 57.6 Å². The van der Waals surface area contributed by atoms with E-state index in [-0.39, 0.29) is 24.0 Å². The minimum absolute atomic E-state index is 0. The third kappa shape index (κ3) is 5.78. The Morgan fingerprint density at radius 3 is 2.60 bits per heavy atom. The van der Waals surface area contributed by atoms with E-state index < -0.39 is 0 Å². The lowest BCUT2D eigenvalue weighted by molar-refractivity contribution is 0.203. The van der Waals surface area contributed by atoms with Crippen LogP contribution in [0.15, 0.2) is 23.3 Å². The van der Waals surface area contributed by atoms with Gasteiger partial charge in [-0.05, 0) is 56.3 Å². The van der Waals surface area contributed by atoms with Crippen LogP contribution in [-0.4, -0.2) is 73.6 Å². The van der Waals surface area contributed by atoms with Gasteiger partial charge in [0.2, 0.25) is 0 Å². The number of likely N-dealkylation sites (tertiary alicyclic amines) is 1. The molecular formula is C23H39IN6. The molecule has 1 spiro atoms. The highest BCUT2D eigenvalue weighted by molar-refractivity contribution is 14.0. The summed E-state index contributed by atoms with van der Waals surface area (Å²) in [5.41, 5.74) is 1.80. The Balaban J connectivity index is 0.00000256. The largest absolute Gasteiger partial charge is 0.357 e. The summed E-state index contributed by atoms with van der Waals surface area (Å²) in [6.45, 7) is 10.4. The maximum absolute atomic E-state index is 5.02. The molecule has 1 aromatic heterocycles. The van der Waals surface area contributed by atoms with Crippen LogP contribution in [0.1, 0.15) is 51.0 Å². The van der Waals surface area contributed by atoms with Gasteiger partial charge in [0.05, 0.1) is 6.54 Å². The Morgan fingerprint density at radius 2 is 1.87 bits per heavy atom. The van der Waals surface area contributed by atoms with Gasteiger partial charge in [-0.25, -0.2) is 9.98 Å². The summed E-state index contributed by atoms with van der Waals surface area (Å²) < 4.78 is 0. The SMILES string of the molecule is CCNC(=NCc1ccnc(N2CCN(C)CC2)c1)N1CCC2(CCCCC2)C1.I. The molecule has 7 heteroatoms. The summed E-state index contributed by atoms with van der Waals surface area (Å²) in [7, 11) is 2.19. The van der Waals surface area contributed by atoms with Gasteiger partial charge in [-0.3, -0.25) is 0 Å². The molecule has 2 aliphatic heterocycles. The van der Waals surface area contributed by atoms with Gasteiger partial charge in [-0.15, -0.1) is 24.0 Å². The van der Waals surface area contributed by atoms with Crippen LogP contribution in [-0.2, 0) is 6.54 Å². The van der Waals surface area contributed by atoms with Crippen LogP contribution in [0.4, 0.5) is 5.82 Å². The number of hydrogen-bond acceptors (Lipinski definition) is 4. The maximum atomic E-state index is 5.02. The summed E-state index contributed by atoms with van der Waals surface area (Å²) in [4.78, 5) is 16.9. The van der Waals surface area contributed by atoms with E-state index in [2.05, 4.69) is 51.1 Å². The van der Waals surface area contributed by atoms with E-state index in [1.807, 2.05) is 6.20 Å². The number of piperazine rings is 1. The zero-order valence-electron chi connectivity index (χ0n) is 18.8. The lowest BCUT2D eigenvalue weighted by Crippen LogP contribution is -2.44. The number of aliphatic imine (C=N–C) groups is 1. The van der Waals surface area contributed by atoms with E-state index in [4.69, 9.17) is 4.99 Å². The van der Waals surface area contributed by atoms with Gasteiger partial charge in [-0.1, -0.05) is 19.3 Å². The maximum Gasteiger partial charge on any atom is 0.194 e. The quantitative estimate of drug-likeness (QED) is 0.370. The molecule has 3 heterocycles. The minimum Gasteiger partial charge on any atom is -0.357 e. The molecule has 2 saturated heterocycles. The average Bonchev–Trinajstić information content (AvgIpc) is 3.15. The minimum atomic E-state index is 0. The van der Waals surface area contributed by atoms with Gasteiger partial charge in [0.25, 0.3) is 0 Å². The molecule has 168 valence electrons. The predicted octanol–water partition coefficient (Wildman–Crippen LogP) is 3.57. The second kappa shape index (κ2) is 11.0. The molecule has 1 aromatic rings. The van der Waals surface area contributed by atoms with E-state index in [1.165, 1.54) is 50.6 Å². The zero-order chi connectivity index (χ0) is 20.1. The first kappa shape index (κ1) is 23.6. The molecule has 0 amide bonds. The van der Waals surface area contributed by atoms with Crippen LogP contribution >= 0.6 is 24.0 Å². The zero-order valence-corrected chi connectivity index (χ0v) is 21.1. The Morgan fingerprint density at radius 1 is 1.10 bits per heavy atom. The van der Waals surface area contributed by atoms with E-state index in [1.54, 1.807) is 0 Å². The molecule has 4 rings (SSSR count). The van der Waals surface area contributed by atoms with Crippen LogP contribution in [0, 0.1) is 5.41 Å². The molecular weight excluding hydrogens is 487 g/mol. The highest BCUT2D eigenvalue weighted by Crippen LogP contribution is 2.43. The Hall–Kier alpha value is -1.09. The van der Waals surface area contributed by atoms with Gasteiger partial charge >= 0.3 is 0 Å². The Labute approximate surface area is 199 Å². The molecule has 1 N–H and O–H groups in total. The summed E-state index contributed by atoms with van der Waals surface area (Å²) >= 11 is 0. The Kier molecular flexibility index (Phi) is 8.62. The van der Waals surface area contributed by atoms with E-state index >= 15 is 0 Å². The van der Waals surface area contributed by atoms with Crippen LogP contribution in [0.2, 0.25) is 0 Å². The highest BCUT2D eigenvalue weighted by atomic mass is 127. The lowest BCUT2D eigenvalue weighted by atomic mass is 9.73. The first-order chi connectivity index (χ1) is 14.2. The summed E-state index contributed by atoms with van der Waals surface area (Å²) in [5.74, 6) is 2.19. The molecule has 0 aromatic carbocycles. The first-order valence-corrected chi connectivity index (χ1v) is 11.6. The van der Waals surface area contributed by atoms with Gasteiger partial charge in [0.1, 0.15) is 5.82 Å². The fourth-order valence-electron chi connectivity index (χ4n) is 5.19. The van der Waals surface area contributed by atoms with Crippen LogP contribution in [0.25, 0.3) is 0 Å². The second-order valence-corrected chi connectivity index (χ2v) is 9.21. The molecule has 1 aliphatic carbocycles. The van der Waals surface area contributed by atoms with Crippen molar-refractivity contribution >= 4 is 35.8 Å². The van der Waals surface area contributed by atoms with Gasteiger partial charge in [-0.2, -0.15) is 0 Å². The number of nitrogens with one attached hydrogen (secondary N) is 1. The van der Waals surface area contributed by atoms with E-state index in [0.29, 0.717) is 5.41 Å². The predicted molar refractivity (Wildman–Crippen MR) is 136 cm³/mol. The van der Waals surface area contributed by atoms with Crippen molar-refractivity contribution in [2.24, 2.45) is 10.4 Å². The third-order valence-electron chi connectivity index (χ3n) is 7.04. The summed E-state index contributed by atoms with van der Waals surface area (Å²) in [6.07, 6.45) is 10.3. The number of anilines is 1. The number of nitrogens with zero attached hydrogens (tertiary/aromatic N) is 5. The number of guanidine groups is 1. The van der Waals surface area contributed by atoms with Crippen molar-refractivity contribution in [2.45, 2.75) is 52.0 Å². The van der Waals surface area contributed by atoms with Crippen molar-refractivity contribution in [3.05, 3.63) is 23.9 Å². The lowest BCUT2D eigenvalue weighted by Gasteiger charge is -2.33. The van der Waals surface area contributed by atoms with Gasteiger partial charge < -0.3 is 20.0 Å². The highest BCUT2D eigenvalue weighted by Gasteiger charge is 2.39. The second-order valence-electron chi connectivity index (χ2n) is 9.21. The van der Waals surface area contributed by atoms with Crippen molar-refractivity contribution in [1.82, 2.24) is 20.1 Å². The first-order valence-electron chi connectivity index (χ1n) is 11.6. The monoisotopic (exact) mass is 526 g/mol. The summed E-state index contributed by atoms with van der Waals surface area (Å²) in [6, 6.07) is 4.34. The fraction of sp³-hybridized carbons (Fsp3) is 0.739. The molecule has 6 nitrogen and oxygen atoms in total. The van der Waals surface area contributed by atoms with Gasteiger partial charge in [0.15, 0.2) is 5.96 Å². The molecule has 0 atom stereocenters. The number of rotatable bonds is 4. The van der Waals surface area contributed by atoms with Crippen molar-refractivity contribution in [2.75, 3.05) is 57.8 Å². The molecule has 0 bridgehead atoms. The Bertz CT molecular complexity index is 695. The fourth-order valence-corrected chi connectivity index (χ4v) is 5.19. The van der Waals surface area contributed by atoms with Crippen molar-refractivity contribution in [3.63, 3.8) is 0 Å². The normalized spacial score (nSPS) is 22.3. The van der Waals surface area contributed by atoms with Crippen LogP contribution < -0.4 is 10.2 Å². The van der Waals surface area contributed by atoms with Crippen LogP contribution in [0.3, 0.4) is 0 Å². The number of halogens is 1. The standard InChI is InChI=1S/C23H38N6.HI/c1-3-24-22(29-12-10-23(19-29)8-5-4-6-9-23)26-18-20-7-11-25-21(17-20)28-15-13-27(2)14-16-28;/h7,11,17H,3-6,8-10,12-16,18-19H2,1-2H3,(H,24,26);1H.